The van der Waals surface area contributed by atoms with E-state index in [1.165, 1.54) is 18.3 Å². The number of carbonyl (C=O) groups is 3. The average molecular weight is 470 g/mol. The number of aromatic nitrogens is 1. The molecule has 166 valence electrons. The molecular formula is C23H14ClF2N3O4. The van der Waals surface area contributed by atoms with Crippen molar-refractivity contribution < 1.29 is 27.9 Å². The van der Waals surface area contributed by atoms with Gasteiger partial charge in [-0.3, -0.25) is 9.36 Å². The Balaban J connectivity index is 1.87. The van der Waals surface area contributed by atoms with Crippen LogP contribution in [0.2, 0.25) is 5.02 Å². The Morgan fingerprint density at radius 2 is 1.61 bits per heavy atom. The normalized spacial score (nSPS) is 10.9. The molecule has 0 atom stereocenters. The van der Waals surface area contributed by atoms with Gasteiger partial charge in [0.2, 0.25) is 0 Å². The fourth-order valence-corrected chi connectivity index (χ4v) is 3.72. The van der Waals surface area contributed by atoms with Gasteiger partial charge in [-0.25, -0.2) is 18.4 Å². The van der Waals surface area contributed by atoms with E-state index in [1.54, 1.807) is 30.3 Å². The average Bonchev–Trinajstić information content (AvgIpc) is 3.15. The molecule has 4 N–H and O–H groups in total. The summed E-state index contributed by atoms with van der Waals surface area (Å²) in [6.45, 7) is 0. The second-order valence-electron chi connectivity index (χ2n) is 6.98. The molecule has 0 aliphatic heterocycles. The summed E-state index contributed by atoms with van der Waals surface area (Å²) < 4.78 is 35.4. The Morgan fingerprint density at radius 3 is 2.24 bits per heavy atom. The molecule has 0 radical (unpaired) electrons. The van der Waals surface area contributed by atoms with Gasteiger partial charge in [-0.05, 0) is 24.3 Å². The van der Waals surface area contributed by atoms with E-state index in [-0.39, 0.29) is 38.4 Å². The minimum Gasteiger partial charge on any atom is -0.423 e. The Bertz CT molecular complexity index is 1450. The van der Waals surface area contributed by atoms with Gasteiger partial charge in [0.1, 0.15) is 17.4 Å². The Labute approximate surface area is 190 Å². The van der Waals surface area contributed by atoms with Gasteiger partial charge in [-0.2, -0.15) is 0 Å². The molecule has 0 aliphatic carbocycles. The second kappa shape index (κ2) is 8.36. The zero-order valence-electron chi connectivity index (χ0n) is 16.6. The number of primary amides is 2. The first-order chi connectivity index (χ1) is 15.7. The predicted octanol–water partition coefficient (Wildman–Crippen LogP) is 4.48. The fraction of sp³-hybridized carbons (Fsp3) is 0. The number of nitrogens with zero attached hydrogens (tertiary/aromatic N) is 1. The number of nitrogens with two attached hydrogens (primary N) is 2. The maximum absolute atomic E-state index is 14.8. The number of benzene rings is 3. The van der Waals surface area contributed by atoms with Crippen molar-refractivity contribution in [2.45, 2.75) is 0 Å². The first-order valence-electron chi connectivity index (χ1n) is 9.38. The number of fused-ring (bicyclic) bond motifs is 1. The molecule has 0 aliphatic rings. The number of ether oxygens (including phenoxy) is 1. The highest BCUT2D eigenvalue weighted by molar-refractivity contribution is 6.37. The molecule has 1 aromatic heterocycles. The maximum Gasteiger partial charge on any atom is 0.343 e. The number of hydrogen-bond donors (Lipinski definition) is 2. The molecule has 7 nitrogen and oxygen atoms in total. The minimum atomic E-state index is -1.14. The third kappa shape index (κ3) is 4.01. The van der Waals surface area contributed by atoms with E-state index in [4.69, 9.17) is 27.8 Å². The number of amides is 2. The monoisotopic (exact) mass is 469 g/mol. The summed E-state index contributed by atoms with van der Waals surface area (Å²) >= 11 is 6.39. The summed E-state index contributed by atoms with van der Waals surface area (Å²) in [4.78, 5) is 35.7. The Hall–Kier alpha value is -4.24. The van der Waals surface area contributed by atoms with Crippen LogP contribution in [0.1, 0.15) is 20.7 Å². The molecule has 0 saturated carbocycles. The summed E-state index contributed by atoms with van der Waals surface area (Å²) in [5, 5.41) is 0.136. The zero-order valence-corrected chi connectivity index (χ0v) is 17.4. The summed E-state index contributed by atoms with van der Waals surface area (Å²) in [7, 11) is 0. The molecular weight excluding hydrogens is 456 g/mol. The summed E-state index contributed by atoms with van der Waals surface area (Å²) in [5.74, 6) is -3.82. The van der Waals surface area contributed by atoms with Crippen molar-refractivity contribution in [3.63, 3.8) is 0 Å². The van der Waals surface area contributed by atoms with Crippen LogP contribution >= 0.6 is 11.6 Å². The lowest BCUT2D eigenvalue weighted by atomic mass is 10.0. The van der Waals surface area contributed by atoms with Crippen LogP contribution in [-0.4, -0.2) is 22.5 Å². The van der Waals surface area contributed by atoms with Crippen LogP contribution in [0.3, 0.4) is 0 Å². The third-order valence-electron chi connectivity index (χ3n) is 4.90. The van der Waals surface area contributed by atoms with Crippen molar-refractivity contribution in [3.05, 3.63) is 88.6 Å². The molecule has 4 aromatic rings. The van der Waals surface area contributed by atoms with E-state index in [0.29, 0.717) is 6.07 Å². The highest BCUT2D eigenvalue weighted by Gasteiger charge is 2.22. The zero-order chi connectivity index (χ0) is 23.9. The lowest BCUT2D eigenvalue weighted by Crippen LogP contribution is -2.18. The van der Waals surface area contributed by atoms with E-state index < -0.39 is 35.1 Å². The van der Waals surface area contributed by atoms with Gasteiger partial charge in [0.25, 0.3) is 5.91 Å². The van der Waals surface area contributed by atoms with Gasteiger partial charge in [0, 0.05) is 34.8 Å². The highest BCUT2D eigenvalue weighted by atomic mass is 35.5. The van der Waals surface area contributed by atoms with Crippen molar-refractivity contribution in [2.24, 2.45) is 11.5 Å². The number of rotatable bonds is 4. The van der Waals surface area contributed by atoms with Crippen LogP contribution in [0.25, 0.3) is 22.0 Å². The number of carbonyl (C=O) groups excluding carboxylic acids is 3. The van der Waals surface area contributed by atoms with Gasteiger partial charge in [0.15, 0.2) is 0 Å². The summed E-state index contributed by atoms with van der Waals surface area (Å²) in [5.41, 5.74) is 10.00. The molecule has 33 heavy (non-hydrogen) atoms. The quantitative estimate of drug-likeness (QED) is 0.338. The van der Waals surface area contributed by atoms with Crippen molar-refractivity contribution in [2.75, 3.05) is 0 Å². The highest BCUT2D eigenvalue weighted by Crippen LogP contribution is 2.39. The molecule has 4 rings (SSSR count). The van der Waals surface area contributed by atoms with Gasteiger partial charge in [0.05, 0.1) is 21.7 Å². The summed E-state index contributed by atoms with van der Waals surface area (Å²) in [6, 6.07) is 11.3. The molecule has 2 amide bonds. The largest absolute Gasteiger partial charge is 0.423 e. The molecule has 0 unspecified atom stereocenters. The van der Waals surface area contributed by atoms with Crippen molar-refractivity contribution in [1.82, 2.24) is 4.57 Å². The molecule has 0 fully saturated rings. The van der Waals surface area contributed by atoms with E-state index in [1.807, 2.05) is 0 Å². The smallest absolute Gasteiger partial charge is 0.343 e. The molecule has 0 bridgehead atoms. The van der Waals surface area contributed by atoms with E-state index in [2.05, 4.69) is 0 Å². The van der Waals surface area contributed by atoms with Crippen LogP contribution in [-0.2, 0) is 0 Å². The fourth-order valence-electron chi connectivity index (χ4n) is 3.42. The van der Waals surface area contributed by atoms with Crippen LogP contribution in [0.4, 0.5) is 13.6 Å². The number of halogens is 3. The Kier molecular flexibility index (Phi) is 5.57. The third-order valence-corrected chi connectivity index (χ3v) is 5.20. The minimum absolute atomic E-state index is 0.00392. The molecule has 0 spiro atoms. The van der Waals surface area contributed by atoms with Crippen molar-refractivity contribution >= 4 is 40.4 Å². The lowest BCUT2D eigenvalue weighted by Gasteiger charge is -2.09. The van der Waals surface area contributed by atoms with E-state index in [9.17, 15) is 23.2 Å². The van der Waals surface area contributed by atoms with E-state index in [0.717, 1.165) is 10.6 Å². The first-order valence-corrected chi connectivity index (χ1v) is 9.76. The SMILES string of the molecule is NC(=O)c1cc(F)c(-c2cn(C(N)=O)c3cc(OC(=O)c4ccccc4)cc(Cl)c23)cc1F. The maximum atomic E-state index is 14.8. The molecule has 1 heterocycles. The van der Waals surface area contributed by atoms with Crippen molar-refractivity contribution in [1.29, 1.82) is 0 Å². The lowest BCUT2D eigenvalue weighted by molar-refractivity contribution is 0.0734. The molecule has 0 saturated heterocycles. The van der Waals surface area contributed by atoms with Crippen LogP contribution < -0.4 is 16.2 Å². The van der Waals surface area contributed by atoms with Gasteiger partial charge >= 0.3 is 12.0 Å². The topological polar surface area (TPSA) is 117 Å². The Morgan fingerprint density at radius 1 is 0.909 bits per heavy atom. The van der Waals surface area contributed by atoms with Crippen LogP contribution in [0.5, 0.6) is 5.75 Å². The van der Waals surface area contributed by atoms with Crippen LogP contribution in [0, 0.1) is 11.6 Å². The summed E-state index contributed by atoms with van der Waals surface area (Å²) in [6.07, 6.45) is 1.17. The van der Waals surface area contributed by atoms with Crippen molar-refractivity contribution in [3.8, 4) is 16.9 Å². The van der Waals surface area contributed by atoms with Crippen LogP contribution in [0.15, 0.2) is 60.8 Å². The van der Waals surface area contributed by atoms with Gasteiger partial charge in [-0.1, -0.05) is 29.8 Å². The standard InChI is InChI=1S/C23H14ClF2N3O4/c24-16-6-12(33-22(31)11-4-2-1-3-5-11)7-19-20(16)15(10-29(19)23(28)32)13-8-18(26)14(21(27)30)9-17(13)25/h1-10H,(H2,27,30)(H2,28,32). The van der Waals surface area contributed by atoms with E-state index >= 15 is 0 Å². The van der Waals surface area contributed by atoms with Gasteiger partial charge < -0.3 is 16.2 Å². The second-order valence-corrected chi connectivity index (χ2v) is 7.39. The molecule has 3 aromatic carbocycles. The number of esters is 1. The number of hydrogen-bond acceptors (Lipinski definition) is 4. The molecule has 10 heteroatoms. The predicted molar refractivity (Wildman–Crippen MR) is 117 cm³/mol. The van der Waals surface area contributed by atoms with Gasteiger partial charge in [-0.15, -0.1) is 0 Å². The first kappa shape index (κ1) is 22.0.